The van der Waals surface area contributed by atoms with Crippen LogP contribution in [0.5, 0.6) is 0 Å². The highest BCUT2D eigenvalue weighted by Crippen LogP contribution is 2.27. The summed E-state index contributed by atoms with van der Waals surface area (Å²) in [5, 5.41) is 11.3. The van der Waals surface area contributed by atoms with Gasteiger partial charge in [0.25, 0.3) is 5.69 Å². The predicted molar refractivity (Wildman–Crippen MR) is 103 cm³/mol. The van der Waals surface area contributed by atoms with Crippen LogP contribution in [0.4, 0.5) is 5.69 Å². The lowest BCUT2D eigenvalue weighted by atomic mass is 10.2. The van der Waals surface area contributed by atoms with Crippen LogP contribution in [0.1, 0.15) is 18.9 Å². The van der Waals surface area contributed by atoms with Gasteiger partial charge in [-0.25, -0.2) is 8.42 Å². The number of nitro benzene ring substituents is 1. The summed E-state index contributed by atoms with van der Waals surface area (Å²) in [6.07, 6.45) is -0.208. The molecule has 10 heteroatoms. The molecule has 0 N–H and O–H groups in total. The number of nitrogens with zero attached hydrogens (tertiary/aromatic N) is 2. The molecule has 0 fully saturated rings. The summed E-state index contributed by atoms with van der Waals surface area (Å²) < 4.78 is 32.0. The van der Waals surface area contributed by atoms with Crippen molar-refractivity contribution in [2.45, 2.75) is 24.8 Å². The van der Waals surface area contributed by atoms with Crippen molar-refractivity contribution in [2.24, 2.45) is 0 Å². The van der Waals surface area contributed by atoms with Crippen molar-refractivity contribution in [3.05, 3.63) is 70.3 Å². The Balaban J connectivity index is 2.32. The first kappa shape index (κ1) is 22.2. The molecule has 0 aliphatic carbocycles. The second-order valence-corrected chi connectivity index (χ2v) is 8.02. The van der Waals surface area contributed by atoms with Gasteiger partial charge in [0.05, 0.1) is 4.92 Å². The fourth-order valence-electron chi connectivity index (χ4n) is 2.54. The maximum absolute atomic E-state index is 13.2. The number of Topliss-reactive ketones (excluding diaryl/α,β-unsaturated/α-hetero) is 1. The highest BCUT2D eigenvalue weighted by molar-refractivity contribution is 7.89. The lowest BCUT2D eigenvalue weighted by Crippen LogP contribution is -2.33. The normalized spacial score (nSPS) is 11.2. The van der Waals surface area contributed by atoms with Gasteiger partial charge >= 0.3 is 5.97 Å². The summed E-state index contributed by atoms with van der Waals surface area (Å²) in [5.41, 5.74) is 0.110. The smallest absolute Gasteiger partial charge is 0.303 e. The molecule has 0 atom stereocenters. The number of benzene rings is 2. The van der Waals surface area contributed by atoms with Crippen molar-refractivity contribution in [1.82, 2.24) is 4.31 Å². The first-order valence-electron chi connectivity index (χ1n) is 8.64. The summed E-state index contributed by atoms with van der Waals surface area (Å²) in [5.74, 6) is -1.08. The molecule has 0 unspecified atom stereocenters. The molecular formula is C19H20N2O7S. The second-order valence-electron chi connectivity index (χ2n) is 6.12. The van der Waals surface area contributed by atoms with Crippen LogP contribution in [0.3, 0.4) is 0 Å². The van der Waals surface area contributed by atoms with Gasteiger partial charge in [-0.1, -0.05) is 42.5 Å². The van der Waals surface area contributed by atoms with Crippen LogP contribution < -0.4 is 0 Å². The van der Waals surface area contributed by atoms with Gasteiger partial charge in [-0.15, -0.1) is 0 Å². The number of ketones is 1. The highest BCUT2D eigenvalue weighted by atomic mass is 32.2. The molecule has 2 rings (SSSR count). The minimum absolute atomic E-state index is 0.0733. The molecule has 9 nitrogen and oxygen atoms in total. The first-order chi connectivity index (χ1) is 13.7. The fraction of sp³-hybridized carbons (Fsp3) is 0.263. The number of carbonyl (C=O) groups is 2. The summed E-state index contributed by atoms with van der Waals surface area (Å²) >= 11 is 0. The Morgan fingerprint density at radius 1 is 1.07 bits per heavy atom. The van der Waals surface area contributed by atoms with Crippen LogP contribution in [0.2, 0.25) is 0 Å². The number of ether oxygens (including phenoxy) is 1. The van der Waals surface area contributed by atoms with Gasteiger partial charge in [-0.2, -0.15) is 4.31 Å². The third kappa shape index (κ3) is 6.19. The topological polar surface area (TPSA) is 124 Å². The molecule has 2 aromatic rings. The van der Waals surface area contributed by atoms with Gasteiger partial charge in [0, 0.05) is 32.5 Å². The Kier molecular flexibility index (Phi) is 7.57. The zero-order valence-electron chi connectivity index (χ0n) is 15.7. The van der Waals surface area contributed by atoms with E-state index in [1.165, 1.54) is 12.1 Å². The Morgan fingerprint density at radius 2 is 1.69 bits per heavy atom. The van der Waals surface area contributed by atoms with E-state index in [1.807, 2.05) is 0 Å². The van der Waals surface area contributed by atoms with E-state index < -0.39 is 43.9 Å². The van der Waals surface area contributed by atoms with E-state index >= 15 is 0 Å². The number of para-hydroxylation sites is 1. The molecule has 0 heterocycles. The molecule has 0 amide bonds. The van der Waals surface area contributed by atoms with Crippen molar-refractivity contribution in [3.8, 4) is 0 Å². The van der Waals surface area contributed by atoms with Crippen molar-refractivity contribution >= 4 is 27.5 Å². The molecule has 0 radical (unpaired) electrons. The molecule has 0 aliphatic rings. The Bertz CT molecular complexity index is 991. The van der Waals surface area contributed by atoms with Gasteiger partial charge in [-0.05, 0) is 11.6 Å². The Morgan fingerprint density at radius 3 is 2.31 bits per heavy atom. The Labute approximate surface area is 168 Å². The number of hydrogen-bond donors (Lipinski definition) is 0. The average molecular weight is 420 g/mol. The van der Waals surface area contributed by atoms with E-state index in [4.69, 9.17) is 0 Å². The van der Waals surface area contributed by atoms with Crippen LogP contribution in [-0.4, -0.2) is 42.6 Å². The Hall–Kier alpha value is -3.11. The van der Waals surface area contributed by atoms with Crippen LogP contribution in [0.15, 0.2) is 59.5 Å². The predicted octanol–water partition coefficient (Wildman–Crippen LogP) is 2.31. The van der Waals surface area contributed by atoms with Crippen LogP contribution in [0.25, 0.3) is 0 Å². The lowest BCUT2D eigenvalue weighted by Gasteiger charge is -2.22. The molecule has 0 aliphatic heterocycles. The van der Waals surface area contributed by atoms with E-state index in [9.17, 15) is 28.1 Å². The molecule has 0 spiro atoms. The van der Waals surface area contributed by atoms with Crippen molar-refractivity contribution in [2.75, 3.05) is 13.2 Å². The highest BCUT2D eigenvalue weighted by Gasteiger charge is 2.31. The third-order valence-corrected chi connectivity index (χ3v) is 5.85. The standard InChI is InChI=1S/C19H20N2O7S/c1-15(22)28-14-17(23)11-12-20(13-16-7-3-2-4-8-16)29(26,27)19-10-6-5-9-18(19)21(24)25/h2-10H,11-14H2,1H3. The molecular weight excluding hydrogens is 400 g/mol. The molecule has 0 saturated carbocycles. The summed E-state index contributed by atoms with van der Waals surface area (Å²) in [4.78, 5) is 32.8. The number of carbonyl (C=O) groups excluding carboxylic acids is 2. The first-order valence-corrected chi connectivity index (χ1v) is 10.1. The molecule has 0 saturated heterocycles. The molecule has 29 heavy (non-hydrogen) atoms. The summed E-state index contributed by atoms with van der Waals surface area (Å²) in [6.45, 7) is 0.410. The minimum Gasteiger partial charge on any atom is -0.458 e. The number of nitro groups is 1. The van der Waals surface area contributed by atoms with Crippen LogP contribution in [0, 0.1) is 10.1 Å². The molecule has 0 aromatic heterocycles. The number of sulfonamides is 1. The van der Waals surface area contributed by atoms with Gasteiger partial charge in [0.15, 0.2) is 10.7 Å². The number of rotatable bonds is 10. The molecule has 154 valence electrons. The lowest BCUT2D eigenvalue weighted by molar-refractivity contribution is -0.387. The molecule has 2 aromatic carbocycles. The van der Waals surface area contributed by atoms with Gasteiger partial charge in [0.1, 0.15) is 6.61 Å². The zero-order valence-corrected chi connectivity index (χ0v) is 16.5. The van der Waals surface area contributed by atoms with E-state index in [0.29, 0.717) is 5.56 Å². The van der Waals surface area contributed by atoms with E-state index in [2.05, 4.69) is 4.74 Å². The van der Waals surface area contributed by atoms with Crippen molar-refractivity contribution < 1.29 is 27.7 Å². The van der Waals surface area contributed by atoms with Gasteiger partial charge in [-0.3, -0.25) is 19.7 Å². The van der Waals surface area contributed by atoms with Gasteiger partial charge < -0.3 is 4.74 Å². The monoisotopic (exact) mass is 420 g/mol. The third-order valence-electron chi connectivity index (χ3n) is 3.96. The molecule has 0 bridgehead atoms. The quantitative estimate of drug-likeness (QED) is 0.328. The summed E-state index contributed by atoms with van der Waals surface area (Å²) in [6, 6.07) is 13.7. The van der Waals surface area contributed by atoms with E-state index in [-0.39, 0.29) is 19.5 Å². The number of hydrogen-bond acceptors (Lipinski definition) is 7. The SMILES string of the molecule is CC(=O)OCC(=O)CCN(Cc1ccccc1)S(=O)(=O)c1ccccc1[N+](=O)[O-]. The largest absolute Gasteiger partial charge is 0.458 e. The van der Waals surface area contributed by atoms with Crippen LogP contribution >= 0.6 is 0 Å². The van der Waals surface area contributed by atoms with Crippen LogP contribution in [-0.2, 0) is 30.9 Å². The summed E-state index contributed by atoms with van der Waals surface area (Å²) in [7, 11) is -4.27. The van der Waals surface area contributed by atoms with E-state index in [1.54, 1.807) is 30.3 Å². The number of esters is 1. The van der Waals surface area contributed by atoms with Gasteiger partial charge in [0.2, 0.25) is 10.0 Å². The van der Waals surface area contributed by atoms with Crippen molar-refractivity contribution in [3.63, 3.8) is 0 Å². The second kappa shape index (κ2) is 9.89. The van der Waals surface area contributed by atoms with E-state index in [0.717, 1.165) is 23.4 Å². The average Bonchev–Trinajstić information content (AvgIpc) is 2.70. The minimum atomic E-state index is -4.27. The zero-order chi connectivity index (χ0) is 21.4. The maximum atomic E-state index is 13.2. The fourth-order valence-corrected chi connectivity index (χ4v) is 4.13. The maximum Gasteiger partial charge on any atom is 0.303 e. The van der Waals surface area contributed by atoms with Crippen molar-refractivity contribution in [1.29, 1.82) is 0 Å².